The molecule has 0 spiro atoms. The SMILES string of the molecule is O=C(C1CCC1)N(Cc1ccc(C(F)(F)F)cc1)CC1CC(c2cccnc2)=NO1. The van der Waals surface area contributed by atoms with Gasteiger partial charge in [0.2, 0.25) is 5.91 Å². The van der Waals surface area contributed by atoms with Crippen LogP contribution in [0.2, 0.25) is 0 Å². The van der Waals surface area contributed by atoms with Gasteiger partial charge in [-0.2, -0.15) is 13.2 Å². The van der Waals surface area contributed by atoms with Crippen molar-refractivity contribution in [1.82, 2.24) is 9.88 Å². The Balaban J connectivity index is 1.44. The van der Waals surface area contributed by atoms with Crippen molar-refractivity contribution in [3.63, 3.8) is 0 Å². The molecule has 8 heteroatoms. The highest BCUT2D eigenvalue weighted by molar-refractivity contribution is 6.01. The van der Waals surface area contributed by atoms with Gasteiger partial charge in [0.25, 0.3) is 0 Å². The van der Waals surface area contributed by atoms with Crippen LogP contribution in [0.3, 0.4) is 0 Å². The summed E-state index contributed by atoms with van der Waals surface area (Å²) in [6.07, 6.45) is 2.00. The zero-order chi connectivity index (χ0) is 21.1. The number of pyridine rings is 1. The van der Waals surface area contributed by atoms with Crippen molar-refractivity contribution in [1.29, 1.82) is 0 Å². The predicted molar refractivity (Wildman–Crippen MR) is 104 cm³/mol. The van der Waals surface area contributed by atoms with E-state index in [0.29, 0.717) is 18.5 Å². The molecule has 30 heavy (non-hydrogen) atoms. The summed E-state index contributed by atoms with van der Waals surface area (Å²) in [6.45, 7) is 0.583. The van der Waals surface area contributed by atoms with Gasteiger partial charge in [0.1, 0.15) is 0 Å². The van der Waals surface area contributed by atoms with Gasteiger partial charge in [-0.3, -0.25) is 9.78 Å². The molecule has 1 aliphatic heterocycles. The Bertz CT molecular complexity index is 909. The van der Waals surface area contributed by atoms with Crippen molar-refractivity contribution in [3.05, 3.63) is 65.5 Å². The number of carbonyl (C=O) groups excluding carboxylic acids is 1. The molecule has 2 aliphatic rings. The van der Waals surface area contributed by atoms with Gasteiger partial charge in [0, 0.05) is 36.8 Å². The number of hydrogen-bond acceptors (Lipinski definition) is 4. The number of alkyl halides is 3. The minimum Gasteiger partial charge on any atom is -0.390 e. The first-order chi connectivity index (χ1) is 14.4. The number of benzene rings is 1. The van der Waals surface area contributed by atoms with E-state index in [9.17, 15) is 18.0 Å². The van der Waals surface area contributed by atoms with Crippen molar-refractivity contribution in [3.8, 4) is 0 Å². The Hall–Kier alpha value is -2.90. The fourth-order valence-electron chi connectivity index (χ4n) is 3.64. The molecule has 2 aromatic rings. The largest absolute Gasteiger partial charge is 0.416 e. The highest BCUT2D eigenvalue weighted by Gasteiger charge is 2.33. The van der Waals surface area contributed by atoms with Crippen molar-refractivity contribution in [2.45, 2.75) is 44.5 Å². The van der Waals surface area contributed by atoms with Gasteiger partial charge >= 0.3 is 6.18 Å². The van der Waals surface area contributed by atoms with Gasteiger partial charge in [-0.05, 0) is 42.7 Å². The number of halogens is 3. The number of rotatable bonds is 6. The lowest BCUT2D eigenvalue weighted by atomic mass is 9.84. The summed E-state index contributed by atoms with van der Waals surface area (Å²) >= 11 is 0. The van der Waals surface area contributed by atoms with E-state index < -0.39 is 11.7 Å². The molecule has 1 aromatic carbocycles. The number of hydrogen-bond donors (Lipinski definition) is 0. The number of nitrogens with zero attached hydrogens (tertiary/aromatic N) is 3. The summed E-state index contributed by atoms with van der Waals surface area (Å²) in [7, 11) is 0. The number of oxime groups is 1. The van der Waals surface area contributed by atoms with Crippen LogP contribution in [0.1, 0.15) is 42.4 Å². The molecule has 0 N–H and O–H groups in total. The van der Waals surface area contributed by atoms with Crippen LogP contribution < -0.4 is 0 Å². The molecule has 1 fully saturated rings. The lowest BCUT2D eigenvalue weighted by Crippen LogP contribution is -2.42. The Morgan fingerprint density at radius 3 is 2.53 bits per heavy atom. The van der Waals surface area contributed by atoms with E-state index in [0.717, 1.165) is 42.7 Å². The third-order valence-corrected chi connectivity index (χ3v) is 5.57. The first-order valence-corrected chi connectivity index (χ1v) is 9.98. The van der Waals surface area contributed by atoms with Crippen LogP contribution in [0, 0.1) is 5.92 Å². The lowest BCUT2D eigenvalue weighted by Gasteiger charge is -2.32. The Morgan fingerprint density at radius 1 is 1.17 bits per heavy atom. The van der Waals surface area contributed by atoms with Gasteiger partial charge in [0.15, 0.2) is 6.10 Å². The van der Waals surface area contributed by atoms with Crippen molar-refractivity contribution >= 4 is 11.6 Å². The fraction of sp³-hybridized carbons (Fsp3) is 0.409. The summed E-state index contributed by atoms with van der Waals surface area (Å²) in [5.41, 5.74) is 1.61. The molecule has 158 valence electrons. The average Bonchev–Trinajstić information content (AvgIpc) is 3.15. The normalized spacial score (nSPS) is 19.0. The maximum absolute atomic E-state index is 12.9. The minimum atomic E-state index is -4.38. The van der Waals surface area contributed by atoms with E-state index in [1.54, 1.807) is 17.3 Å². The summed E-state index contributed by atoms with van der Waals surface area (Å²) in [6, 6.07) is 8.68. The maximum Gasteiger partial charge on any atom is 0.416 e. The van der Waals surface area contributed by atoms with Crippen LogP contribution in [0.5, 0.6) is 0 Å². The second kappa shape index (κ2) is 8.45. The topological polar surface area (TPSA) is 54.8 Å². The van der Waals surface area contributed by atoms with Crippen LogP contribution in [0.4, 0.5) is 13.2 Å². The molecule has 5 nitrogen and oxygen atoms in total. The summed E-state index contributed by atoms with van der Waals surface area (Å²) in [4.78, 5) is 24.3. The smallest absolute Gasteiger partial charge is 0.390 e. The van der Waals surface area contributed by atoms with E-state index >= 15 is 0 Å². The molecule has 0 saturated heterocycles. The van der Waals surface area contributed by atoms with E-state index in [1.807, 2.05) is 12.1 Å². The second-order valence-electron chi connectivity index (χ2n) is 7.75. The predicted octanol–water partition coefficient (Wildman–Crippen LogP) is 4.42. The van der Waals surface area contributed by atoms with Gasteiger partial charge in [0.05, 0.1) is 17.8 Å². The number of aromatic nitrogens is 1. The van der Waals surface area contributed by atoms with Crippen molar-refractivity contribution in [2.75, 3.05) is 6.54 Å². The van der Waals surface area contributed by atoms with E-state index in [-0.39, 0.29) is 24.5 Å². The molecule has 1 aliphatic carbocycles. The van der Waals surface area contributed by atoms with Crippen molar-refractivity contribution < 1.29 is 22.8 Å². The number of carbonyl (C=O) groups is 1. The fourth-order valence-corrected chi connectivity index (χ4v) is 3.64. The zero-order valence-electron chi connectivity index (χ0n) is 16.3. The standard InChI is InChI=1S/C22H22F3N3O2/c23-22(24,25)18-8-6-15(7-9-18)13-28(21(29)16-3-1-4-16)14-19-11-20(27-30-19)17-5-2-10-26-12-17/h2,5-10,12,16,19H,1,3-4,11,13-14H2. The molecule has 2 heterocycles. The first-order valence-electron chi connectivity index (χ1n) is 9.98. The van der Waals surface area contributed by atoms with Crippen LogP contribution in [-0.4, -0.2) is 34.2 Å². The third-order valence-electron chi connectivity index (χ3n) is 5.57. The minimum absolute atomic E-state index is 0.0143. The molecule has 1 aromatic heterocycles. The quantitative estimate of drug-likeness (QED) is 0.699. The van der Waals surface area contributed by atoms with E-state index in [2.05, 4.69) is 10.1 Å². The Kier molecular flexibility index (Phi) is 5.74. The summed E-state index contributed by atoms with van der Waals surface area (Å²) in [5, 5.41) is 4.14. The van der Waals surface area contributed by atoms with Gasteiger partial charge in [-0.15, -0.1) is 0 Å². The van der Waals surface area contributed by atoms with Gasteiger partial charge in [-0.25, -0.2) is 0 Å². The summed E-state index contributed by atoms with van der Waals surface area (Å²) < 4.78 is 38.5. The van der Waals surface area contributed by atoms with Gasteiger partial charge < -0.3 is 9.74 Å². The molecule has 1 saturated carbocycles. The molecule has 0 bridgehead atoms. The monoisotopic (exact) mass is 417 g/mol. The molecule has 1 amide bonds. The molecule has 4 rings (SSSR count). The second-order valence-corrected chi connectivity index (χ2v) is 7.75. The Labute approximate surface area is 172 Å². The molecule has 1 unspecified atom stereocenters. The van der Waals surface area contributed by atoms with E-state index in [1.165, 1.54) is 12.1 Å². The highest BCUT2D eigenvalue weighted by atomic mass is 19.4. The van der Waals surface area contributed by atoms with Crippen LogP contribution >= 0.6 is 0 Å². The number of amides is 1. The molecular formula is C22H22F3N3O2. The highest BCUT2D eigenvalue weighted by Crippen LogP contribution is 2.31. The van der Waals surface area contributed by atoms with E-state index in [4.69, 9.17) is 4.84 Å². The van der Waals surface area contributed by atoms with Crippen molar-refractivity contribution in [2.24, 2.45) is 11.1 Å². The molecule has 1 atom stereocenters. The van der Waals surface area contributed by atoms with Crippen LogP contribution in [-0.2, 0) is 22.4 Å². The Morgan fingerprint density at radius 2 is 1.93 bits per heavy atom. The lowest BCUT2D eigenvalue weighted by molar-refractivity contribution is -0.141. The third kappa shape index (κ3) is 4.63. The maximum atomic E-state index is 12.9. The molecule has 0 radical (unpaired) electrons. The zero-order valence-corrected chi connectivity index (χ0v) is 16.3. The van der Waals surface area contributed by atoms with Gasteiger partial charge in [-0.1, -0.05) is 23.7 Å². The van der Waals surface area contributed by atoms with Crippen LogP contribution in [0.15, 0.2) is 53.9 Å². The average molecular weight is 417 g/mol. The first kappa shape index (κ1) is 20.4. The van der Waals surface area contributed by atoms with Crippen LogP contribution in [0.25, 0.3) is 0 Å². The molecular weight excluding hydrogens is 395 g/mol. The summed E-state index contributed by atoms with van der Waals surface area (Å²) in [5.74, 6) is 0.0131.